The van der Waals surface area contributed by atoms with Gasteiger partial charge in [0.05, 0.1) is 0 Å². The number of ketones is 1. The number of rotatable bonds is 6. The van der Waals surface area contributed by atoms with Gasteiger partial charge in [-0.3, -0.25) is 9.36 Å². The third-order valence-electron chi connectivity index (χ3n) is 5.96. The predicted octanol–water partition coefficient (Wildman–Crippen LogP) is 2.51. The lowest BCUT2D eigenvalue weighted by molar-refractivity contribution is 0.0838. The summed E-state index contributed by atoms with van der Waals surface area (Å²) in [5.41, 5.74) is 0.626. The Hall–Kier alpha value is -2.28. The van der Waals surface area contributed by atoms with Crippen LogP contribution in [0.25, 0.3) is 0 Å². The van der Waals surface area contributed by atoms with E-state index >= 15 is 0 Å². The van der Waals surface area contributed by atoms with Gasteiger partial charge in [-0.2, -0.15) is 5.10 Å². The van der Waals surface area contributed by atoms with Crippen molar-refractivity contribution >= 4 is 5.78 Å². The zero-order chi connectivity index (χ0) is 19.5. The number of nitrogens with zero attached hydrogens (tertiary/aromatic N) is 4. The van der Waals surface area contributed by atoms with Crippen molar-refractivity contribution in [1.82, 2.24) is 19.2 Å². The molecule has 0 atom stereocenters. The minimum atomic E-state index is -0.316. The highest BCUT2D eigenvalue weighted by Gasteiger charge is 2.25. The quantitative estimate of drug-likeness (QED) is 0.716. The summed E-state index contributed by atoms with van der Waals surface area (Å²) in [5.74, 6) is 0.749. The van der Waals surface area contributed by atoms with Gasteiger partial charge in [0, 0.05) is 31.0 Å². The van der Waals surface area contributed by atoms with Crippen molar-refractivity contribution in [3.63, 3.8) is 0 Å². The van der Waals surface area contributed by atoms with Crippen molar-refractivity contribution in [2.24, 2.45) is 5.92 Å². The van der Waals surface area contributed by atoms with Crippen LogP contribution in [0.5, 0.6) is 0 Å². The van der Waals surface area contributed by atoms with E-state index in [9.17, 15) is 14.0 Å². The van der Waals surface area contributed by atoms with Crippen LogP contribution in [0.2, 0.25) is 0 Å². The molecule has 0 bridgehead atoms. The highest BCUT2D eigenvalue weighted by Crippen LogP contribution is 2.22. The van der Waals surface area contributed by atoms with E-state index in [1.165, 1.54) is 12.1 Å². The number of aromatic nitrogens is 3. The first kappa shape index (κ1) is 19.1. The lowest BCUT2D eigenvalue weighted by atomic mass is 9.89. The molecule has 0 amide bonds. The Kier molecular flexibility index (Phi) is 5.71. The van der Waals surface area contributed by atoms with Gasteiger partial charge >= 0.3 is 5.69 Å². The van der Waals surface area contributed by atoms with Gasteiger partial charge in [-0.25, -0.2) is 13.9 Å². The smallest absolute Gasteiger partial charge is 0.303 e. The number of hydrogen-bond donors (Lipinski definition) is 0. The molecule has 0 spiro atoms. The van der Waals surface area contributed by atoms with Gasteiger partial charge in [0.1, 0.15) is 11.6 Å². The van der Waals surface area contributed by atoms with Crippen LogP contribution in [-0.4, -0.2) is 44.7 Å². The van der Waals surface area contributed by atoms with Gasteiger partial charge < -0.3 is 4.90 Å². The number of piperidine rings is 1. The summed E-state index contributed by atoms with van der Waals surface area (Å²) in [6.07, 6.45) is 5.61. The van der Waals surface area contributed by atoms with Gasteiger partial charge in [-0.15, -0.1) is 0 Å². The number of carbonyl (C=O) groups excluding carboxylic acids is 1. The first-order valence-corrected chi connectivity index (χ1v) is 10.3. The zero-order valence-electron chi connectivity index (χ0n) is 16.1. The van der Waals surface area contributed by atoms with E-state index in [4.69, 9.17) is 0 Å². The summed E-state index contributed by atoms with van der Waals surface area (Å²) in [6, 6.07) is 5.84. The van der Waals surface area contributed by atoms with Crippen molar-refractivity contribution in [1.29, 1.82) is 0 Å². The number of hydrogen-bond acceptors (Lipinski definition) is 4. The van der Waals surface area contributed by atoms with Crippen LogP contribution < -0.4 is 5.69 Å². The Morgan fingerprint density at radius 1 is 1.07 bits per heavy atom. The van der Waals surface area contributed by atoms with Gasteiger partial charge in [0.25, 0.3) is 0 Å². The summed E-state index contributed by atoms with van der Waals surface area (Å²) in [7, 11) is 0. The van der Waals surface area contributed by atoms with Gasteiger partial charge in [0.2, 0.25) is 0 Å². The molecule has 1 aromatic carbocycles. The fourth-order valence-corrected chi connectivity index (χ4v) is 4.31. The Morgan fingerprint density at radius 2 is 1.82 bits per heavy atom. The SMILES string of the molecule is O=C(c1ccc(F)cc1)C1CCN(CCCn2nc3n(c2=O)CCCC3)CC1. The Morgan fingerprint density at radius 3 is 2.54 bits per heavy atom. The van der Waals surface area contributed by atoms with Gasteiger partial charge in [0.15, 0.2) is 5.78 Å². The number of carbonyl (C=O) groups is 1. The van der Waals surface area contributed by atoms with E-state index in [0.717, 1.165) is 70.5 Å². The maximum atomic E-state index is 13.0. The molecule has 7 heteroatoms. The number of halogens is 1. The average molecular weight is 386 g/mol. The first-order valence-electron chi connectivity index (χ1n) is 10.3. The molecule has 0 aliphatic carbocycles. The molecule has 4 rings (SSSR count). The standard InChI is InChI=1S/C21H27FN4O2/c22-18-7-5-16(6-8-18)20(27)17-9-14-24(15-10-17)11-3-13-26-21(28)25-12-2-1-4-19(25)23-26/h5-8,17H,1-4,9-15H2. The van der Waals surface area contributed by atoms with Crippen molar-refractivity contribution in [2.45, 2.75) is 51.6 Å². The molecule has 0 N–H and O–H groups in total. The fraction of sp³-hybridized carbons (Fsp3) is 0.571. The normalized spacial score (nSPS) is 18.2. The highest BCUT2D eigenvalue weighted by molar-refractivity contribution is 5.97. The lowest BCUT2D eigenvalue weighted by Crippen LogP contribution is -2.37. The van der Waals surface area contributed by atoms with Crippen LogP contribution in [0.3, 0.4) is 0 Å². The molecule has 1 aromatic heterocycles. The molecular formula is C21H27FN4O2. The van der Waals surface area contributed by atoms with E-state index in [0.29, 0.717) is 12.1 Å². The minimum absolute atomic E-state index is 0.0178. The van der Waals surface area contributed by atoms with Crippen molar-refractivity contribution in [3.05, 3.63) is 52.0 Å². The topological polar surface area (TPSA) is 60.1 Å². The van der Waals surface area contributed by atoms with Crippen LogP contribution in [0, 0.1) is 11.7 Å². The molecule has 2 aliphatic rings. The second-order valence-corrected chi connectivity index (χ2v) is 7.87. The van der Waals surface area contributed by atoms with Gasteiger partial charge in [-0.1, -0.05) is 0 Å². The molecule has 1 fully saturated rings. The summed E-state index contributed by atoms with van der Waals surface area (Å²) in [4.78, 5) is 27.3. The second-order valence-electron chi connectivity index (χ2n) is 7.87. The molecule has 28 heavy (non-hydrogen) atoms. The molecule has 2 aliphatic heterocycles. The zero-order valence-corrected chi connectivity index (χ0v) is 16.1. The van der Waals surface area contributed by atoms with E-state index in [1.807, 2.05) is 4.57 Å². The number of Topliss-reactive ketones (excluding diaryl/α,β-unsaturated/α-hetero) is 1. The number of fused-ring (bicyclic) bond motifs is 1. The molecule has 0 unspecified atom stereocenters. The maximum Gasteiger partial charge on any atom is 0.345 e. The lowest BCUT2D eigenvalue weighted by Gasteiger charge is -2.31. The summed E-state index contributed by atoms with van der Waals surface area (Å²) < 4.78 is 16.5. The van der Waals surface area contributed by atoms with Crippen LogP contribution >= 0.6 is 0 Å². The number of aryl methyl sites for hydroxylation is 2. The molecule has 2 aromatic rings. The minimum Gasteiger partial charge on any atom is -0.303 e. The molecular weight excluding hydrogens is 359 g/mol. The van der Waals surface area contributed by atoms with Crippen LogP contribution in [-0.2, 0) is 19.5 Å². The van der Waals surface area contributed by atoms with Crippen molar-refractivity contribution in [3.8, 4) is 0 Å². The largest absolute Gasteiger partial charge is 0.345 e. The number of likely N-dealkylation sites (tertiary alicyclic amines) is 1. The first-order chi connectivity index (χ1) is 13.6. The summed E-state index contributed by atoms with van der Waals surface area (Å²) in [5, 5.41) is 4.49. The monoisotopic (exact) mass is 386 g/mol. The molecule has 0 saturated carbocycles. The predicted molar refractivity (Wildman–Crippen MR) is 104 cm³/mol. The van der Waals surface area contributed by atoms with Gasteiger partial charge in [-0.05, 0) is 76.0 Å². The van der Waals surface area contributed by atoms with Crippen molar-refractivity contribution in [2.75, 3.05) is 19.6 Å². The van der Waals surface area contributed by atoms with Crippen molar-refractivity contribution < 1.29 is 9.18 Å². The van der Waals surface area contributed by atoms with E-state index in [1.54, 1.807) is 16.8 Å². The fourth-order valence-electron chi connectivity index (χ4n) is 4.31. The third-order valence-corrected chi connectivity index (χ3v) is 5.96. The molecule has 0 radical (unpaired) electrons. The third kappa shape index (κ3) is 4.09. The average Bonchev–Trinajstić information content (AvgIpc) is 3.05. The van der Waals surface area contributed by atoms with Crippen LogP contribution in [0.15, 0.2) is 29.1 Å². The van der Waals surface area contributed by atoms with Crippen LogP contribution in [0.4, 0.5) is 4.39 Å². The molecule has 150 valence electrons. The number of benzene rings is 1. The Balaban J connectivity index is 1.24. The molecule has 1 saturated heterocycles. The summed E-state index contributed by atoms with van der Waals surface area (Å²) in [6.45, 7) is 4.11. The summed E-state index contributed by atoms with van der Waals surface area (Å²) >= 11 is 0. The Bertz CT molecular complexity index is 879. The highest BCUT2D eigenvalue weighted by atomic mass is 19.1. The van der Waals surface area contributed by atoms with E-state index in [2.05, 4.69) is 10.00 Å². The molecule has 3 heterocycles. The molecule has 6 nitrogen and oxygen atoms in total. The van der Waals surface area contributed by atoms with E-state index in [-0.39, 0.29) is 23.2 Å². The van der Waals surface area contributed by atoms with E-state index < -0.39 is 0 Å². The maximum absolute atomic E-state index is 13.0. The van der Waals surface area contributed by atoms with Crippen LogP contribution in [0.1, 0.15) is 48.3 Å². The second kappa shape index (κ2) is 8.39. The Labute approximate surface area is 164 Å².